The lowest BCUT2D eigenvalue weighted by Crippen LogP contribution is -2.37. The summed E-state index contributed by atoms with van der Waals surface area (Å²) < 4.78 is 18.2. The van der Waals surface area contributed by atoms with Gasteiger partial charge in [0, 0.05) is 36.2 Å². The lowest BCUT2D eigenvalue weighted by Gasteiger charge is -2.26. The zero-order valence-corrected chi connectivity index (χ0v) is 11.8. The molecular formula is C13H17ClFNOS. The van der Waals surface area contributed by atoms with Crippen LogP contribution in [0.15, 0.2) is 18.2 Å². The molecule has 1 aliphatic rings. The summed E-state index contributed by atoms with van der Waals surface area (Å²) >= 11 is 7.81. The molecule has 0 radical (unpaired) electrons. The second-order valence-electron chi connectivity index (χ2n) is 4.24. The summed E-state index contributed by atoms with van der Waals surface area (Å²) in [6.07, 6.45) is 0. The van der Waals surface area contributed by atoms with E-state index < -0.39 is 0 Å². The minimum absolute atomic E-state index is 0.276. The molecule has 0 bridgehead atoms. The number of nitrogens with zero attached hydrogens (tertiary/aromatic N) is 1. The van der Waals surface area contributed by atoms with Crippen LogP contribution < -0.4 is 0 Å². The molecule has 0 atom stereocenters. The van der Waals surface area contributed by atoms with E-state index in [4.69, 9.17) is 16.3 Å². The van der Waals surface area contributed by atoms with Crippen molar-refractivity contribution in [2.45, 2.75) is 5.75 Å². The van der Waals surface area contributed by atoms with E-state index in [1.807, 2.05) is 11.8 Å². The van der Waals surface area contributed by atoms with Gasteiger partial charge in [0.2, 0.25) is 0 Å². The molecule has 1 saturated heterocycles. The van der Waals surface area contributed by atoms with Crippen LogP contribution in [0.5, 0.6) is 0 Å². The Balaban J connectivity index is 1.68. The first-order valence-electron chi connectivity index (χ1n) is 6.07. The van der Waals surface area contributed by atoms with Gasteiger partial charge in [-0.05, 0) is 17.7 Å². The number of ether oxygens (including phenoxy) is 1. The summed E-state index contributed by atoms with van der Waals surface area (Å²) in [4.78, 5) is 2.41. The van der Waals surface area contributed by atoms with E-state index in [1.165, 1.54) is 12.1 Å². The van der Waals surface area contributed by atoms with Gasteiger partial charge in [0.15, 0.2) is 0 Å². The number of halogens is 2. The van der Waals surface area contributed by atoms with Crippen LogP contribution in [0, 0.1) is 5.82 Å². The number of hydrogen-bond acceptors (Lipinski definition) is 3. The second-order valence-corrected chi connectivity index (χ2v) is 5.75. The third kappa shape index (κ3) is 4.43. The Kier molecular flexibility index (Phi) is 5.76. The fourth-order valence-electron chi connectivity index (χ4n) is 1.84. The summed E-state index contributed by atoms with van der Waals surface area (Å²) in [6.45, 7) is 4.81. The summed E-state index contributed by atoms with van der Waals surface area (Å²) in [7, 11) is 0. The monoisotopic (exact) mass is 289 g/mol. The van der Waals surface area contributed by atoms with Crippen molar-refractivity contribution >= 4 is 23.4 Å². The van der Waals surface area contributed by atoms with Gasteiger partial charge >= 0.3 is 0 Å². The average molecular weight is 290 g/mol. The second kappa shape index (κ2) is 7.34. The highest BCUT2D eigenvalue weighted by Gasteiger charge is 2.09. The van der Waals surface area contributed by atoms with Gasteiger partial charge in [0.05, 0.1) is 13.2 Å². The third-order valence-corrected chi connectivity index (χ3v) is 4.27. The zero-order chi connectivity index (χ0) is 12.8. The molecule has 0 spiro atoms. The highest BCUT2D eigenvalue weighted by molar-refractivity contribution is 7.98. The van der Waals surface area contributed by atoms with Crippen molar-refractivity contribution in [1.29, 1.82) is 0 Å². The standard InChI is InChI=1S/C13H17ClFNOS/c14-13-9-12(15)2-1-11(13)10-18-8-5-16-3-6-17-7-4-16/h1-2,9H,3-8,10H2. The molecule has 0 unspecified atom stereocenters. The summed E-state index contributed by atoms with van der Waals surface area (Å²) in [5.74, 6) is 1.62. The number of rotatable bonds is 5. The highest BCUT2D eigenvalue weighted by Crippen LogP contribution is 2.22. The SMILES string of the molecule is Fc1ccc(CSCCN2CCOCC2)c(Cl)c1. The van der Waals surface area contributed by atoms with Crippen molar-refractivity contribution in [1.82, 2.24) is 4.90 Å². The number of hydrogen-bond donors (Lipinski definition) is 0. The maximum absolute atomic E-state index is 12.9. The maximum atomic E-state index is 12.9. The largest absolute Gasteiger partial charge is 0.379 e. The molecule has 1 fully saturated rings. The quantitative estimate of drug-likeness (QED) is 0.773. The number of morpholine rings is 1. The van der Waals surface area contributed by atoms with Gasteiger partial charge in [0.25, 0.3) is 0 Å². The molecule has 1 aliphatic heterocycles. The molecular weight excluding hydrogens is 273 g/mol. The van der Waals surface area contributed by atoms with Crippen LogP contribution in [-0.4, -0.2) is 43.5 Å². The van der Waals surface area contributed by atoms with E-state index in [-0.39, 0.29) is 5.82 Å². The number of benzene rings is 1. The van der Waals surface area contributed by atoms with Gasteiger partial charge in [-0.1, -0.05) is 17.7 Å². The Morgan fingerprint density at radius 2 is 2.11 bits per heavy atom. The molecule has 100 valence electrons. The Morgan fingerprint density at radius 1 is 1.33 bits per heavy atom. The smallest absolute Gasteiger partial charge is 0.124 e. The van der Waals surface area contributed by atoms with Gasteiger partial charge in [-0.25, -0.2) is 4.39 Å². The van der Waals surface area contributed by atoms with E-state index in [9.17, 15) is 4.39 Å². The molecule has 2 rings (SSSR count). The van der Waals surface area contributed by atoms with Crippen molar-refractivity contribution in [2.24, 2.45) is 0 Å². The highest BCUT2D eigenvalue weighted by atomic mass is 35.5. The van der Waals surface area contributed by atoms with Crippen LogP contribution >= 0.6 is 23.4 Å². The fraction of sp³-hybridized carbons (Fsp3) is 0.538. The minimum atomic E-state index is -0.276. The molecule has 1 aromatic rings. The van der Waals surface area contributed by atoms with Crippen molar-refractivity contribution in [3.63, 3.8) is 0 Å². The fourth-order valence-corrected chi connectivity index (χ4v) is 3.16. The van der Waals surface area contributed by atoms with Gasteiger partial charge in [-0.15, -0.1) is 0 Å². The molecule has 2 nitrogen and oxygen atoms in total. The summed E-state index contributed by atoms with van der Waals surface area (Å²) in [5.41, 5.74) is 1.00. The van der Waals surface area contributed by atoms with Crippen LogP contribution in [0.3, 0.4) is 0 Å². The first kappa shape index (κ1) is 14.1. The number of thioether (sulfide) groups is 1. The van der Waals surface area contributed by atoms with Crippen molar-refractivity contribution in [3.05, 3.63) is 34.6 Å². The molecule has 0 aromatic heterocycles. The first-order chi connectivity index (χ1) is 8.75. The van der Waals surface area contributed by atoms with E-state index in [2.05, 4.69) is 4.90 Å². The van der Waals surface area contributed by atoms with Crippen LogP contribution in [-0.2, 0) is 10.5 Å². The normalized spacial score (nSPS) is 17.0. The van der Waals surface area contributed by atoms with Crippen molar-refractivity contribution < 1.29 is 9.13 Å². The molecule has 0 N–H and O–H groups in total. The van der Waals surface area contributed by atoms with E-state index in [0.717, 1.165) is 49.9 Å². The van der Waals surface area contributed by atoms with Crippen LogP contribution in [0.2, 0.25) is 5.02 Å². The molecule has 1 aromatic carbocycles. The minimum Gasteiger partial charge on any atom is -0.379 e. The third-order valence-electron chi connectivity index (χ3n) is 2.93. The maximum Gasteiger partial charge on any atom is 0.124 e. The van der Waals surface area contributed by atoms with Gasteiger partial charge < -0.3 is 4.74 Å². The van der Waals surface area contributed by atoms with Crippen molar-refractivity contribution in [2.75, 3.05) is 38.6 Å². The molecule has 0 saturated carbocycles. The van der Waals surface area contributed by atoms with Gasteiger partial charge in [0.1, 0.15) is 5.82 Å². The Bertz CT molecular complexity index is 385. The molecule has 1 heterocycles. The summed E-state index contributed by atoms with van der Waals surface area (Å²) in [5, 5.41) is 0.522. The van der Waals surface area contributed by atoms with Crippen LogP contribution in [0.25, 0.3) is 0 Å². The van der Waals surface area contributed by atoms with Gasteiger partial charge in [-0.2, -0.15) is 11.8 Å². The topological polar surface area (TPSA) is 12.5 Å². The molecule has 5 heteroatoms. The lowest BCUT2D eigenvalue weighted by molar-refractivity contribution is 0.0410. The van der Waals surface area contributed by atoms with Crippen LogP contribution in [0.4, 0.5) is 4.39 Å². The average Bonchev–Trinajstić information content (AvgIpc) is 2.38. The predicted octanol–water partition coefficient (Wildman–Crippen LogP) is 3.04. The first-order valence-corrected chi connectivity index (χ1v) is 7.61. The summed E-state index contributed by atoms with van der Waals surface area (Å²) in [6, 6.07) is 4.60. The van der Waals surface area contributed by atoms with E-state index in [0.29, 0.717) is 5.02 Å². The zero-order valence-electron chi connectivity index (χ0n) is 10.2. The Labute approximate surface area is 116 Å². The Hall–Kier alpha value is -0.290. The van der Waals surface area contributed by atoms with Gasteiger partial charge in [-0.3, -0.25) is 4.90 Å². The molecule has 0 amide bonds. The predicted molar refractivity (Wildman–Crippen MR) is 74.8 cm³/mol. The van der Waals surface area contributed by atoms with E-state index in [1.54, 1.807) is 6.07 Å². The van der Waals surface area contributed by atoms with Crippen molar-refractivity contribution in [3.8, 4) is 0 Å². The Morgan fingerprint density at radius 3 is 2.83 bits per heavy atom. The lowest BCUT2D eigenvalue weighted by atomic mass is 10.2. The van der Waals surface area contributed by atoms with Crippen LogP contribution in [0.1, 0.15) is 5.56 Å². The van der Waals surface area contributed by atoms with E-state index >= 15 is 0 Å². The molecule has 0 aliphatic carbocycles. The molecule has 18 heavy (non-hydrogen) atoms.